The van der Waals surface area contributed by atoms with Gasteiger partial charge in [-0.15, -0.1) is 0 Å². The maximum atomic E-state index is 12.2. The first-order valence-electron chi connectivity index (χ1n) is 7.58. The van der Waals surface area contributed by atoms with E-state index in [2.05, 4.69) is 15.3 Å². The van der Waals surface area contributed by atoms with Gasteiger partial charge in [0.2, 0.25) is 5.91 Å². The number of nitrogens with zero attached hydrogens (tertiary/aromatic N) is 2. The van der Waals surface area contributed by atoms with Crippen molar-refractivity contribution in [1.29, 1.82) is 0 Å². The Morgan fingerprint density at radius 2 is 1.96 bits per heavy atom. The summed E-state index contributed by atoms with van der Waals surface area (Å²) in [6.45, 7) is 6.27. The standard InChI is InChI=1S/C16H22N4O4S/c1-9(14(25-12(4)22)5-6-24-11(3)21)19-15(23)7-13-8-18-10(2)20-16(13)17/h8H,5-7H2,1-4H3,(H,19,23)(H2,17,18,20). The Kier molecular flexibility index (Phi) is 8.06. The molecular weight excluding hydrogens is 344 g/mol. The van der Waals surface area contributed by atoms with E-state index in [1.807, 2.05) is 0 Å². The highest BCUT2D eigenvalue weighted by molar-refractivity contribution is 8.16. The zero-order valence-corrected chi connectivity index (χ0v) is 15.5. The summed E-state index contributed by atoms with van der Waals surface area (Å²) in [4.78, 5) is 43.1. The largest absolute Gasteiger partial charge is 0.466 e. The molecule has 0 spiro atoms. The summed E-state index contributed by atoms with van der Waals surface area (Å²) in [5.41, 5.74) is 6.84. The van der Waals surface area contributed by atoms with Crippen LogP contribution in [0.2, 0.25) is 0 Å². The third-order valence-corrected chi connectivity index (χ3v) is 4.06. The zero-order chi connectivity index (χ0) is 19.0. The van der Waals surface area contributed by atoms with E-state index in [4.69, 9.17) is 10.5 Å². The molecule has 0 aliphatic rings. The number of nitrogen functional groups attached to an aromatic ring is 1. The number of hydrogen-bond donors (Lipinski definition) is 2. The fourth-order valence-electron chi connectivity index (χ4n) is 1.92. The minimum Gasteiger partial charge on any atom is -0.466 e. The molecule has 9 heteroatoms. The van der Waals surface area contributed by atoms with Crippen molar-refractivity contribution in [2.75, 3.05) is 12.3 Å². The normalized spacial score (nSPS) is 11.5. The molecule has 1 heterocycles. The van der Waals surface area contributed by atoms with Crippen LogP contribution in [-0.4, -0.2) is 33.6 Å². The summed E-state index contributed by atoms with van der Waals surface area (Å²) in [5, 5.41) is 2.61. The molecule has 136 valence electrons. The smallest absolute Gasteiger partial charge is 0.302 e. The molecule has 0 saturated heterocycles. The maximum absolute atomic E-state index is 12.2. The SMILES string of the molecule is CC(=O)OCCC(SC(C)=O)=C(C)NC(=O)Cc1cnc(C)nc1N. The van der Waals surface area contributed by atoms with Gasteiger partial charge in [0.25, 0.3) is 0 Å². The Balaban J connectivity index is 2.78. The number of aryl methyl sites for hydroxylation is 1. The molecule has 0 fully saturated rings. The molecule has 0 bridgehead atoms. The molecule has 0 aromatic carbocycles. The average Bonchev–Trinajstić information content (AvgIpc) is 2.48. The fourth-order valence-corrected chi connectivity index (χ4v) is 2.66. The van der Waals surface area contributed by atoms with Crippen LogP contribution in [0.1, 0.15) is 38.6 Å². The summed E-state index contributed by atoms with van der Waals surface area (Å²) in [6, 6.07) is 0. The number of anilines is 1. The van der Waals surface area contributed by atoms with Crippen LogP contribution in [0.3, 0.4) is 0 Å². The number of nitrogens with one attached hydrogen (secondary N) is 1. The minimum absolute atomic E-state index is 0.0193. The highest BCUT2D eigenvalue weighted by Crippen LogP contribution is 2.23. The third kappa shape index (κ3) is 7.79. The van der Waals surface area contributed by atoms with Gasteiger partial charge in [-0.1, -0.05) is 11.8 Å². The summed E-state index contributed by atoms with van der Waals surface area (Å²) >= 11 is 0.998. The van der Waals surface area contributed by atoms with Gasteiger partial charge in [0.1, 0.15) is 11.6 Å². The monoisotopic (exact) mass is 366 g/mol. The highest BCUT2D eigenvalue weighted by atomic mass is 32.2. The quantitative estimate of drug-likeness (QED) is 0.696. The topological polar surface area (TPSA) is 124 Å². The van der Waals surface area contributed by atoms with Crippen molar-refractivity contribution in [3.8, 4) is 0 Å². The Bertz CT molecular complexity index is 703. The number of carbonyl (C=O) groups excluding carboxylic acids is 3. The average molecular weight is 366 g/mol. The first-order valence-corrected chi connectivity index (χ1v) is 8.40. The van der Waals surface area contributed by atoms with Crippen molar-refractivity contribution in [1.82, 2.24) is 15.3 Å². The summed E-state index contributed by atoms with van der Waals surface area (Å²) in [5.74, 6) is 0.0929. The van der Waals surface area contributed by atoms with Crippen LogP contribution in [0.15, 0.2) is 16.8 Å². The number of aromatic nitrogens is 2. The Morgan fingerprint density at radius 3 is 2.52 bits per heavy atom. The van der Waals surface area contributed by atoms with Crippen molar-refractivity contribution >= 4 is 34.6 Å². The van der Waals surface area contributed by atoms with Gasteiger partial charge in [-0.25, -0.2) is 9.97 Å². The summed E-state index contributed by atoms with van der Waals surface area (Å²) in [6.07, 6.45) is 1.87. The number of rotatable bonds is 7. The third-order valence-electron chi connectivity index (χ3n) is 3.02. The van der Waals surface area contributed by atoms with Crippen molar-refractivity contribution in [3.63, 3.8) is 0 Å². The predicted octanol–water partition coefficient (Wildman–Crippen LogP) is 1.49. The van der Waals surface area contributed by atoms with E-state index in [9.17, 15) is 14.4 Å². The van der Waals surface area contributed by atoms with Gasteiger partial charge in [0.05, 0.1) is 13.0 Å². The number of carbonyl (C=O) groups is 3. The van der Waals surface area contributed by atoms with Crippen LogP contribution in [0.25, 0.3) is 0 Å². The molecule has 0 aliphatic carbocycles. The van der Waals surface area contributed by atoms with Gasteiger partial charge in [0.15, 0.2) is 5.12 Å². The Hall–Kier alpha value is -2.42. The van der Waals surface area contributed by atoms with E-state index in [1.165, 1.54) is 20.0 Å². The second-order valence-corrected chi connectivity index (χ2v) is 6.56. The molecular formula is C16H22N4O4S. The van der Waals surface area contributed by atoms with E-state index in [0.29, 0.717) is 28.4 Å². The van der Waals surface area contributed by atoms with Gasteiger partial charge in [0, 0.05) is 42.6 Å². The number of allylic oxidation sites excluding steroid dienone is 1. The number of nitrogens with two attached hydrogens (primary N) is 1. The van der Waals surface area contributed by atoms with E-state index < -0.39 is 5.97 Å². The molecule has 0 unspecified atom stereocenters. The van der Waals surface area contributed by atoms with Gasteiger partial charge in [-0.2, -0.15) is 0 Å². The van der Waals surface area contributed by atoms with Gasteiger partial charge in [-0.05, 0) is 13.8 Å². The Morgan fingerprint density at radius 1 is 1.28 bits per heavy atom. The molecule has 0 saturated carbocycles. The number of esters is 1. The van der Waals surface area contributed by atoms with Crippen LogP contribution >= 0.6 is 11.8 Å². The Labute approximate surface area is 150 Å². The number of amides is 1. The molecule has 1 amide bonds. The van der Waals surface area contributed by atoms with Crippen LogP contribution in [0.4, 0.5) is 5.82 Å². The van der Waals surface area contributed by atoms with Crippen LogP contribution in [0, 0.1) is 6.92 Å². The lowest BCUT2D eigenvalue weighted by Gasteiger charge is -2.12. The lowest BCUT2D eigenvalue weighted by atomic mass is 10.2. The lowest BCUT2D eigenvalue weighted by Crippen LogP contribution is -2.25. The zero-order valence-electron chi connectivity index (χ0n) is 14.7. The van der Waals surface area contributed by atoms with Crippen LogP contribution < -0.4 is 11.1 Å². The highest BCUT2D eigenvalue weighted by Gasteiger charge is 2.13. The van der Waals surface area contributed by atoms with E-state index >= 15 is 0 Å². The molecule has 8 nitrogen and oxygen atoms in total. The fraction of sp³-hybridized carbons (Fsp3) is 0.438. The number of ether oxygens (including phenoxy) is 1. The predicted molar refractivity (Wildman–Crippen MR) is 95.3 cm³/mol. The van der Waals surface area contributed by atoms with Crippen molar-refractivity contribution in [3.05, 3.63) is 28.2 Å². The van der Waals surface area contributed by atoms with Gasteiger partial charge in [-0.3, -0.25) is 14.4 Å². The molecule has 0 aliphatic heterocycles. The minimum atomic E-state index is -0.399. The molecule has 0 radical (unpaired) electrons. The molecule has 0 atom stereocenters. The van der Waals surface area contributed by atoms with Gasteiger partial charge < -0.3 is 15.8 Å². The molecule has 1 rings (SSSR count). The first kappa shape index (κ1) is 20.6. The maximum Gasteiger partial charge on any atom is 0.302 e. The van der Waals surface area contributed by atoms with E-state index in [1.54, 1.807) is 13.8 Å². The van der Waals surface area contributed by atoms with Crippen molar-refractivity contribution in [2.24, 2.45) is 0 Å². The van der Waals surface area contributed by atoms with E-state index in [-0.39, 0.29) is 29.9 Å². The first-order chi connectivity index (χ1) is 11.7. The summed E-state index contributed by atoms with van der Waals surface area (Å²) in [7, 11) is 0. The number of thioether (sulfide) groups is 1. The second kappa shape index (κ2) is 9.77. The lowest BCUT2D eigenvalue weighted by molar-refractivity contribution is -0.140. The molecule has 1 aromatic rings. The summed E-state index contributed by atoms with van der Waals surface area (Å²) < 4.78 is 4.89. The number of hydrogen-bond acceptors (Lipinski definition) is 8. The molecule has 3 N–H and O–H groups in total. The van der Waals surface area contributed by atoms with Crippen LogP contribution in [0.5, 0.6) is 0 Å². The molecule has 25 heavy (non-hydrogen) atoms. The second-order valence-electron chi connectivity index (χ2n) is 5.28. The van der Waals surface area contributed by atoms with E-state index in [0.717, 1.165) is 11.8 Å². The van der Waals surface area contributed by atoms with Crippen molar-refractivity contribution < 1.29 is 19.1 Å². The van der Waals surface area contributed by atoms with Gasteiger partial charge >= 0.3 is 5.97 Å². The van der Waals surface area contributed by atoms with Crippen molar-refractivity contribution in [2.45, 2.75) is 40.5 Å². The molecule has 1 aromatic heterocycles. The van der Waals surface area contributed by atoms with Crippen LogP contribution in [-0.2, 0) is 25.5 Å².